The minimum Gasteiger partial charge on any atom is -0.485 e. The van der Waals surface area contributed by atoms with Crippen LogP contribution in [0.25, 0.3) is 16.6 Å². The van der Waals surface area contributed by atoms with E-state index in [4.69, 9.17) is 32.7 Å². The van der Waals surface area contributed by atoms with Gasteiger partial charge in [-0.3, -0.25) is 0 Å². The fraction of sp³-hybridized carbons (Fsp3) is 0.211. The van der Waals surface area contributed by atoms with Gasteiger partial charge in [0.25, 0.3) is 0 Å². The van der Waals surface area contributed by atoms with Crippen LogP contribution in [0.1, 0.15) is 16.9 Å². The Morgan fingerprint density at radius 3 is 2.62 bits per heavy atom. The Balaban J connectivity index is 2.05. The van der Waals surface area contributed by atoms with Crippen LogP contribution >= 0.6 is 23.2 Å². The number of para-hydroxylation sites is 1. The summed E-state index contributed by atoms with van der Waals surface area (Å²) >= 11 is 12.6. The summed E-state index contributed by atoms with van der Waals surface area (Å²) in [7, 11) is 0. The first kappa shape index (κ1) is 17.2. The Bertz CT molecular complexity index is 978. The number of nitrogens with zero attached hydrogens (tertiary/aromatic N) is 1. The highest BCUT2D eigenvalue weighted by Gasteiger charge is 2.30. The zero-order valence-corrected chi connectivity index (χ0v) is 15.1. The predicted octanol–water partition coefficient (Wildman–Crippen LogP) is 4.80. The number of carbonyl (C=O) groups is 1. The monoisotopic (exact) mass is 391 g/mol. The van der Waals surface area contributed by atoms with Crippen molar-refractivity contribution >= 4 is 40.1 Å². The van der Waals surface area contributed by atoms with E-state index < -0.39 is 5.97 Å². The van der Waals surface area contributed by atoms with Crippen molar-refractivity contribution in [2.24, 2.45) is 0 Å². The number of benzene rings is 2. The topological polar surface area (TPSA) is 60.7 Å². The minimum atomic E-state index is -1.11. The minimum absolute atomic E-state index is 0.0160. The van der Waals surface area contributed by atoms with E-state index in [2.05, 4.69) is 0 Å². The lowest BCUT2D eigenvalue weighted by atomic mass is 10.2. The molecule has 3 aromatic rings. The zero-order valence-electron chi connectivity index (χ0n) is 13.6. The van der Waals surface area contributed by atoms with Crippen molar-refractivity contribution < 1.29 is 19.4 Å². The van der Waals surface area contributed by atoms with E-state index in [-0.39, 0.29) is 22.6 Å². The lowest BCUT2D eigenvalue weighted by molar-refractivity contribution is 0.0679. The third kappa shape index (κ3) is 2.82. The van der Waals surface area contributed by atoms with E-state index in [0.717, 1.165) is 0 Å². The molecule has 0 amide bonds. The second-order valence-electron chi connectivity index (χ2n) is 6.01. The molecule has 134 valence electrons. The molecule has 1 fully saturated rings. The van der Waals surface area contributed by atoms with Gasteiger partial charge in [-0.2, -0.15) is 0 Å². The summed E-state index contributed by atoms with van der Waals surface area (Å²) in [6.07, 6.45) is 0.466. The molecule has 4 rings (SSSR count). The van der Waals surface area contributed by atoms with Crippen LogP contribution in [-0.2, 0) is 4.74 Å². The van der Waals surface area contributed by atoms with Crippen LogP contribution < -0.4 is 4.74 Å². The van der Waals surface area contributed by atoms with Crippen LogP contribution in [0.2, 0.25) is 10.0 Å². The highest BCUT2D eigenvalue weighted by molar-refractivity contribution is 6.45. The average Bonchev–Trinajstić information content (AvgIpc) is 3.25. The highest BCUT2D eigenvalue weighted by atomic mass is 35.5. The molecule has 7 heteroatoms. The maximum Gasteiger partial charge on any atom is 0.356 e. The van der Waals surface area contributed by atoms with Crippen LogP contribution in [0.5, 0.6) is 5.75 Å². The fourth-order valence-corrected chi connectivity index (χ4v) is 3.61. The van der Waals surface area contributed by atoms with Gasteiger partial charge in [0, 0.05) is 12.1 Å². The number of fused-ring (bicyclic) bond motifs is 1. The van der Waals surface area contributed by atoms with Crippen molar-refractivity contribution in [1.82, 2.24) is 4.57 Å². The van der Waals surface area contributed by atoms with Gasteiger partial charge < -0.3 is 19.1 Å². The Morgan fingerprint density at radius 1 is 1.19 bits per heavy atom. The summed E-state index contributed by atoms with van der Waals surface area (Å²) in [4.78, 5) is 12.1. The summed E-state index contributed by atoms with van der Waals surface area (Å²) in [5, 5.41) is 11.0. The lowest BCUT2D eigenvalue weighted by Crippen LogP contribution is -2.18. The molecule has 2 aromatic carbocycles. The van der Waals surface area contributed by atoms with Gasteiger partial charge in [-0.1, -0.05) is 41.4 Å². The number of aromatic nitrogens is 1. The van der Waals surface area contributed by atoms with E-state index in [9.17, 15) is 9.90 Å². The molecule has 1 N–H and O–H groups in total. The maximum atomic E-state index is 12.1. The van der Waals surface area contributed by atoms with Crippen molar-refractivity contribution in [3.8, 4) is 11.4 Å². The summed E-state index contributed by atoms with van der Waals surface area (Å²) in [5.74, 6) is -0.884. The van der Waals surface area contributed by atoms with Crippen LogP contribution in [0.3, 0.4) is 0 Å². The van der Waals surface area contributed by atoms with Gasteiger partial charge in [0.2, 0.25) is 0 Å². The molecule has 1 aromatic heterocycles. The van der Waals surface area contributed by atoms with Crippen molar-refractivity contribution in [2.45, 2.75) is 12.5 Å². The predicted molar refractivity (Wildman–Crippen MR) is 100 cm³/mol. The number of carboxylic acids is 1. The molecule has 0 radical (unpaired) electrons. The first-order valence-corrected chi connectivity index (χ1v) is 8.89. The van der Waals surface area contributed by atoms with E-state index in [1.54, 1.807) is 16.7 Å². The Labute approximate surface area is 159 Å². The Kier molecular flexibility index (Phi) is 4.53. The molecule has 0 bridgehead atoms. The van der Waals surface area contributed by atoms with Crippen molar-refractivity contribution in [2.75, 3.05) is 13.2 Å². The maximum absolute atomic E-state index is 12.1. The van der Waals surface area contributed by atoms with Crippen molar-refractivity contribution in [3.05, 3.63) is 58.2 Å². The van der Waals surface area contributed by atoms with Gasteiger partial charge in [-0.15, -0.1) is 0 Å². The number of aromatic carboxylic acids is 1. The van der Waals surface area contributed by atoms with Crippen molar-refractivity contribution in [3.63, 3.8) is 0 Å². The molecule has 1 saturated heterocycles. The molecular weight excluding hydrogens is 377 g/mol. The smallest absolute Gasteiger partial charge is 0.356 e. The summed E-state index contributed by atoms with van der Waals surface area (Å²) < 4.78 is 13.0. The Hall–Kier alpha value is -2.21. The van der Waals surface area contributed by atoms with Crippen LogP contribution in [0.4, 0.5) is 0 Å². The molecule has 1 unspecified atom stereocenters. The third-order valence-electron chi connectivity index (χ3n) is 4.37. The molecule has 26 heavy (non-hydrogen) atoms. The second-order valence-corrected chi connectivity index (χ2v) is 6.80. The second kappa shape index (κ2) is 6.83. The summed E-state index contributed by atoms with van der Waals surface area (Å²) in [6.45, 7) is 0.994. The summed E-state index contributed by atoms with van der Waals surface area (Å²) in [5.41, 5.74) is 1.34. The molecule has 1 aliphatic heterocycles. The van der Waals surface area contributed by atoms with Gasteiger partial charge in [-0.25, -0.2) is 4.79 Å². The normalized spacial score (nSPS) is 16.9. The Morgan fingerprint density at radius 2 is 1.96 bits per heavy atom. The van der Waals surface area contributed by atoms with Gasteiger partial charge in [-0.05, 0) is 24.3 Å². The highest BCUT2D eigenvalue weighted by Crippen LogP contribution is 2.43. The van der Waals surface area contributed by atoms with Gasteiger partial charge in [0.05, 0.1) is 34.2 Å². The molecule has 2 heterocycles. The molecule has 1 atom stereocenters. The molecule has 5 nitrogen and oxygen atoms in total. The van der Waals surface area contributed by atoms with Crippen LogP contribution in [-0.4, -0.2) is 35.0 Å². The van der Waals surface area contributed by atoms with Gasteiger partial charge in [0.15, 0.2) is 11.4 Å². The SMILES string of the molecule is O=C(O)c1c(OC2CCOC2)c2c(Cl)c(Cl)ccc2n1-c1ccccc1. The van der Waals surface area contributed by atoms with Gasteiger partial charge >= 0.3 is 5.97 Å². The third-order valence-corrected chi connectivity index (χ3v) is 5.17. The molecular formula is C19H15Cl2NO4. The van der Waals surface area contributed by atoms with E-state index in [1.165, 1.54) is 0 Å². The van der Waals surface area contributed by atoms with E-state index in [1.807, 2.05) is 30.3 Å². The number of halogens is 2. The van der Waals surface area contributed by atoms with Crippen LogP contribution in [0.15, 0.2) is 42.5 Å². The summed E-state index contributed by atoms with van der Waals surface area (Å²) in [6, 6.07) is 12.6. The molecule has 0 spiro atoms. The lowest BCUT2D eigenvalue weighted by Gasteiger charge is -2.13. The largest absolute Gasteiger partial charge is 0.485 e. The van der Waals surface area contributed by atoms with E-state index in [0.29, 0.717) is 41.2 Å². The quantitative estimate of drug-likeness (QED) is 0.693. The molecule has 0 aliphatic carbocycles. The number of hydrogen-bond acceptors (Lipinski definition) is 3. The first-order valence-electron chi connectivity index (χ1n) is 8.13. The fourth-order valence-electron chi connectivity index (χ4n) is 3.21. The van der Waals surface area contributed by atoms with E-state index >= 15 is 0 Å². The number of ether oxygens (including phenoxy) is 2. The average molecular weight is 392 g/mol. The number of hydrogen-bond donors (Lipinski definition) is 1. The molecule has 0 saturated carbocycles. The zero-order chi connectivity index (χ0) is 18.3. The van der Waals surface area contributed by atoms with Gasteiger partial charge in [0.1, 0.15) is 6.10 Å². The standard InChI is InChI=1S/C19H15Cl2NO4/c20-13-6-7-14-15(16(13)21)18(26-12-8-9-25-10-12)17(19(23)24)22(14)11-4-2-1-3-5-11/h1-7,12H,8-10H2,(H,23,24). The first-order chi connectivity index (χ1) is 12.6. The number of rotatable bonds is 4. The van der Waals surface area contributed by atoms with Crippen LogP contribution in [0, 0.1) is 0 Å². The molecule has 1 aliphatic rings. The number of carboxylic acid groups (broad SMARTS) is 1. The van der Waals surface area contributed by atoms with Crippen molar-refractivity contribution in [1.29, 1.82) is 0 Å².